The summed E-state index contributed by atoms with van der Waals surface area (Å²) in [7, 11) is 0. The normalized spacial score (nSPS) is 21.2. The van der Waals surface area contributed by atoms with Gasteiger partial charge in [0.25, 0.3) is 0 Å². The first-order valence-electron chi connectivity index (χ1n) is 3.96. The third kappa shape index (κ3) is 1.59. The van der Waals surface area contributed by atoms with E-state index in [1.54, 1.807) is 0 Å². The number of hydrogen-bond acceptors (Lipinski definition) is 2. The van der Waals surface area contributed by atoms with E-state index < -0.39 is 11.4 Å². The fourth-order valence-electron chi connectivity index (χ4n) is 1.42. The highest BCUT2D eigenvalue weighted by molar-refractivity contribution is 5.75. The number of rotatable bonds is 2. The van der Waals surface area contributed by atoms with Crippen molar-refractivity contribution in [3.05, 3.63) is 0 Å². The van der Waals surface area contributed by atoms with Crippen molar-refractivity contribution >= 4 is 5.97 Å². The van der Waals surface area contributed by atoms with Gasteiger partial charge in [0, 0.05) is 19.6 Å². The SMILES string of the molecule is C#CCC1(C(=O)O)CCOCC1. The zero-order chi connectivity index (χ0) is 9.03. The number of carboxylic acid groups (broad SMARTS) is 1. The maximum atomic E-state index is 10.9. The molecule has 1 saturated heterocycles. The van der Waals surface area contributed by atoms with Gasteiger partial charge in [0.2, 0.25) is 0 Å². The Morgan fingerprint density at radius 2 is 2.17 bits per heavy atom. The van der Waals surface area contributed by atoms with Crippen molar-refractivity contribution in [3.63, 3.8) is 0 Å². The van der Waals surface area contributed by atoms with Crippen molar-refractivity contribution in [1.82, 2.24) is 0 Å². The van der Waals surface area contributed by atoms with Gasteiger partial charge in [-0.15, -0.1) is 12.3 Å². The summed E-state index contributed by atoms with van der Waals surface area (Å²) in [5, 5.41) is 8.97. The molecule has 1 fully saturated rings. The average Bonchev–Trinajstić information content (AvgIpc) is 2.06. The van der Waals surface area contributed by atoms with Gasteiger partial charge in [-0.2, -0.15) is 0 Å². The molecule has 0 bridgehead atoms. The van der Waals surface area contributed by atoms with E-state index in [1.807, 2.05) is 0 Å². The third-order valence-electron chi connectivity index (χ3n) is 2.34. The van der Waals surface area contributed by atoms with Gasteiger partial charge in [-0.3, -0.25) is 4.79 Å². The smallest absolute Gasteiger partial charge is 0.310 e. The molecule has 1 aliphatic rings. The standard InChI is InChI=1S/C9H12O3/c1-2-3-9(8(10)11)4-6-12-7-5-9/h1H,3-7H2,(H,10,11). The topological polar surface area (TPSA) is 46.5 Å². The molecule has 0 aliphatic carbocycles. The lowest BCUT2D eigenvalue weighted by Crippen LogP contribution is -2.36. The van der Waals surface area contributed by atoms with E-state index in [4.69, 9.17) is 16.3 Å². The Morgan fingerprint density at radius 3 is 2.58 bits per heavy atom. The predicted molar refractivity (Wildman–Crippen MR) is 43.6 cm³/mol. The number of hydrogen-bond donors (Lipinski definition) is 1. The summed E-state index contributed by atoms with van der Waals surface area (Å²) in [5.41, 5.74) is -0.715. The number of aliphatic carboxylic acids is 1. The Hall–Kier alpha value is -1.01. The quantitative estimate of drug-likeness (QED) is 0.623. The van der Waals surface area contributed by atoms with E-state index in [9.17, 15) is 4.79 Å². The van der Waals surface area contributed by atoms with E-state index >= 15 is 0 Å². The molecule has 3 nitrogen and oxygen atoms in total. The van der Waals surface area contributed by atoms with Crippen molar-refractivity contribution in [2.24, 2.45) is 5.41 Å². The van der Waals surface area contributed by atoms with Gasteiger partial charge in [-0.25, -0.2) is 0 Å². The number of carbonyl (C=O) groups is 1. The van der Waals surface area contributed by atoms with Gasteiger partial charge in [0.15, 0.2) is 0 Å². The minimum absolute atomic E-state index is 0.311. The van der Waals surface area contributed by atoms with E-state index in [1.165, 1.54) is 0 Å². The molecule has 1 aliphatic heterocycles. The van der Waals surface area contributed by atoms with Crippen LogP contribution in [0.2, 0.25) is 0 Å². The Labute approximate surface area is 71.7 Å². The Kier molecular flexibility index (Phi) is 2.72. The first kappa shape index (κ1) is 9.08. The molecule has 0 radical (unpaired) electrons. The summed E-state index contributed by atoms with van der Waals surface area (Å²) in [6.45, 7) is 1.02. The van der Waals surface area contributed by atoms with Crippen molar-refractivity contribution < 1.29 is 14.6 Å². The van der Waals surface area contributed by atoms with Crippen molar-refractivity contribution in [3.8, 4) is 12.3 Å². The van der Waals surface area contributed by atoms with Crippen molar-refractivity contribution in [1.29, 1.82) is 0 Å². The van der Waals surface area contributed by atoms with E-state index in [2.05, 4.69) is 5.92 Å². The van der Waals surface area contributed by atoms with Crippen LogP contribution in [-0.2, 0) is 9.53 Å². The highest BCUT2D eigenvalue weighted by Crippen LogP contribution is 2.33. The highest BCUT2D eigenvalue weighted by atomic mass is 16.5. The molecule has 0 aromatic carbocycles. The van der Waals surface area contributed by atoms with Gasteiger partial charge in [-0.1, -0.05) is 0 Å². The molecule has 1 heterocycles. The highest BCUT2D eigenvalue weighted by Gasteiger charge is 2.39. The molecule has 0 amide bonds. The molecule has 0 atom stereocenters. The second-order valence-corrected chi connectivity index (χ2v) is 3.08. The van der Waals surface area contributed by atoms with Crippen LogP contribution >= 0.6 is 0 Å². The molecule has 3 heteroatoms. The van der Waals surface area contributed by atoms with Crippen LogP contribution in [0.1, 0.15) is 19.3 Å². The van der Waals surface area contributed by atoms with Crippen LogP contribution in [0.15, 0.2) is 0 Å². The average molecular weight is 168 g/mol. The molecule has 0 aromatic heterocycles. The second kappa shape index (κ2) is 3.59. The second-order valence-electron chi connectivity index (χ2n) is 3.08. The largest absolute Gasteiger partial charge is 0.481 e. The summed E-state index contributed by atoms with van der Waals surface area (Å²) >= 11 is 0. The molecule has 66 valence electrons. The molecular weight excluding hydrogens is 156 g/mol. The lowest BCUT2D eigenvalue weighted by molar-refractivity contribution is -0.154. The molecule has 12 heavy (non-hydrogen) atoms. The summed E-state index contributed by atoms with van der Waals surface area (Å²) in [6.07, 6.45) is 6.51. The zero-order valence-corrected chi connectivity index (χ0v) is 6.88. The predicted octanol–water partition coefficient (Wildman–Crippen LogP) is 0.891. The lowest BCUT2D eigenvalue weighted by Gasteiger charge is -2.31. The van der Waals surface area contributed by atoms with Crippen LogP contribution < -0.4 is 0 Å². The number of terminal acetylenes is 1. The molecule has 0 aromatic rings. The Bertz CT molecular complexity index is 208. The van der Waals surface area contributed by atoms with E-state index in [0.29, 0.717) is 32.5 Å². The van der Waals surface area contributed by atoms with Crippen LogP contribution in [-0.4, -0.2) is 24.3 Å². The van der Waals surface area contributed by atoms with E-state index in [-0.39, 0.29) is 0 Å². The number of carboxylic acids is 1. The van der Waals surface area contributed by atoms with Crippen LogP contribution in [0, 0.1) is 17.8 Å². The molecule has 1 N–H and O–H groups in total. The minimum Gasteiger partial charge on any atom is -0.481 e. The van der Waals surface area contributed by atoms with Gasteiger partial charge in [0.05, 0.1) is 5.41 Å². The fraction of sp³-hybridized carbons (Fsp3) is 0.667. The maximum absolute atomic E-state index is 10.9. The summed E-state index contributed by atoms with van der Waals surface area (Å²) in [6, 6.07) is 0. The minimum atomic E-state index is -0.788. The molecular formula is C9H12O3. The summed E-state index contributed by atoms with van der Waals surface area (Å²) in [5.74, 6) is 1.64. The molecule has 1 rings (SSSR count). The van der Waals surface area contributed by atoms with Crippen LogP contribution in [0.3, 0.4) is 0 Å². The van der Waals surface area contributed by atoms with Gasteiger partial charge < -0.3 is 9.84 Å². The fourth-order valence-corrected chi connectivity index (χ4v) is 1.42. The first-order chi connectivity index (χ1) is 5.71. The summed E-state index contributed by atoms with van der Waals surface area (Å²) < 4.78 is 5.09. The Balaban J connectivity index is 2.71. The van der Waals surface area contributed by atoms with Crippen LogP contribution in [0.5, 0.6) is 0 Å². The van der Waals surface area contributed by atoms with Crippen LogP contribution in [0.25, 0.3) is 0 Å². The maximum Gasteiger partial charge on any atom is 0.310 e. The van der Waals surface area contributed by atoms with Crippen molar-refractivity contribution in [2.75, 3.05) is 13.2 Å². The number of ether oxygens (including phenoxy) is 1. The van der Waals surface area contributed by atoms with Gasteiger partial charge in [0.1, 0.15) is 0 Å². The first-order valence-corrected chi connectivity index (χ1v) is 3.96. The lowest BCUT2D eigenvalue weighted by atomic mass is 9.78. The Morgan fingerprint density at radius 1 is 1.58 bits per heavy atom. The third-order valence-corrected chi connectivity index (χ3v) is 2.34. The molecule has 0 unspecified atom stereocenters. The zero-order valence-electron chi connectivity index (χ0n) is 6.88. The molecule has 0 spiro atoms. The van der Waals surface area contributed by atoms with Crippen LogP contribution in [0.4, 0.5) is 0 Å². The van der Waals surface area contributed by atoms with E-state index in [0.717, 1.165) is 0 Å². The summed E-state index contributed by atoms with van der Waals surface area (Å²) in [4.78, 5) is 10.9. The monoisotopic (exact) mass is 168 g/mol. The van der Waals surface area contributed by atoms with Gasteiger partial charge in [-0.05, 0) is 12.8 Å². The van der Waals surface area contributed by atoms with Crippen molar-refractivity contribution in [2.45, 2.75) is 19.3 Å². The van der Waals surface area contributed by atoms with Gasteiger partial charge >= 0.3 is 5.97 Å². The molecule has 0 saturated carbocycles.